The van der Waals surface area contributed by atoms with E-state index in [-0.39, 0.29) is 30.6 Å². The standard InChI is InChI=1S/C22H23FN2O4/c1-14(16-7-4-3-5-8-16)25-13-17(11-20(25)26)22(28)29-15(2)21(27)24-19-10-6-9-18(23)12-19/h3-10,12,14-15,17H,11,13H2,1-2H3,(H,24,27)/t14-,15+,17-/m1/s1. The van der Waals surface area contributed by atoms with Gasteiger partial charge in [-0.15, -0.1) is 0 Å². The summed E-state index contributed by atoms with van der Waals surface area (Å²) in [4.78, 5) is 38.7. The van der Waals surface area contributed by atoms with E-state index in [2.05, 4.69) is 5.32 Å². The predicted octanol–water partition coefficient (Wildman–Crippen LogP) is 3.31. The van der Waals surface area contributed by atoms with Crippen molar-refractivity contribution in [1.82, 2.24) is 4.90 Å². The highest BCUT2D eigenvalue weighted by atomic mass is 19.1. The highest BCUT2D eigenvalue weighted by Gasteiger charge is 2.38. The van der Waals surface area contributed by atoms with Crippen LogP contribution in [0.2, 0.25) is 0 Å². The number of rotatable bonds is 6. The van der Waals surface area contributed by atoms with E-state index in [1.807, 2.05) is 37.3 Å². The molecule has 3 rings (SSSR count). The Morgan fingerprint density at radius 3 is 2.55 bits per heavy atom. The summed E-state index contributed by atoms with van der Waals surface area (Å²) in [5.41, 5.74) is 1.26. The van der Waals surface area contributed by atoms with E-state index < -0.39 is 29.7 Å². The minimum Gasteiger partial charge on any atom is -0.452 e. The third-order valence-corrected chi connectivity index (χ3v) is 5.00. The molecule has 1 saturated heterocycles. The van der Waals surface area contributed by atoms with Gasteiger partial charge in [-0.25, -0.2) is 4.39 Å². The van der Waals surface area contributed by atoms with Crippen LogP contribution in [0.15, 0.2) is 54.6 Å². The second-order valence-corrected chi connectivity index (χ2v) is 7.11. The molecule has 0 saturated carbocycles. The molecule has 3 atom stereocenters. The minimum atomic E-state index is -1.07. The first-order chi connectivity index (χ1) is 13.8. The van der Waals surface area contributed by atoms with Crippen molar-refractivity contribution >= 4 is 23.5 Å². The van der Waals surface area contributed by atoms with Crippen molar-refractivity contribution in [3.63, 3.8) is 0 Å². The van der Waals surface area contributed by atoms with Gasteiger partial charge in [0, 0.05) is 18.7 Å². The lowest BCUT2D eigenvalue weighted by atomic mass is 10.1. The quantitative estimate of drug-likeness (QED) is 0.758. The lowest BCUT2D eigenvalue weighted by molar-refractivity contribution is -0.157. The monoisotopic (exact) mass is 398 g/mol. The number of likely N-dealkylation sites (tertiary alicyclic amines) is 1. The number of carbonyl (C=O) groups excluding carboxylic acids is 3. The summed E-state index contributed by atoms with van der Waals surface area (Å²) in [6, 6.07) is 14.8. The zero-order chi connectivity index (χ0) is 21.0. The van der Waals surface area contributed by atoms with Gasteiger partial charge in [-0.3, -0.25) is 14.4 Å². The fraction of sp³-hybridized carbons (Fsp3) is 0.318. The SMILES string of the molecule is C[C@H](OC(=O)[C@@H]1CC(=O)N([C@H](C)c2ccccc2)C1)C(=O)Nc1cccc(F)c1. The van der Waals surface area contributed by atoms with Gasteiger partial charge < -0.3 is 15.0 Å². The topological polar surface area (TPSA) is 75.7 Å². The van der Waals surface area contributed by atoms with Crippen molar-refractivity contribution in [1.29, 1.82) is 0 Å². The first kappa shape index (κ1) is 20.5. The highest BCUT2D eigenvalue weighted by Crippen LogP contribution is 2.29. The van der Waals surface area contributed by atoms with Gasteiger partial charge in [0.2, 0.25) is 5.91 Å². The first-order valence-corrected chi connectivity index (χ1v) is 9.46. The van der Waals surface area contributed by atoms with E-state index in [9.17, 15) is 18.8 Å². The smallest absolute Gasteiger partial charge is 0.312 e. The van der Waals surface area contributed by atoms with Gasteiger partial charge in [0.05, 0.1) is 12.0 Å². The molecule has 7 heteroatoms. The predicted molar refractivity (Wildman–Crippen MR) is 105 cm³/mol. The molecule has 0 aromatic heterocycles. The van der Waals surface area contributed by atoms with Gasteiger partial charge >= 0.3 is 5.97 Å². The molecular weight excluding hydrogens is 375 g/mol. The molecule has 1 aliphatic heterocycles. The maximum Gasteiger partial charge on any atom is 0.312 e. The van der Waals surface area contributed by atoms with Crippen molar-refractivity contribution in [3.05, 3.63) is 66.0 Å². The molecule has 2 aromatic rings. The average molecular weight is 398 g/mol. The summed E-state index contributed by atoms with van der Waals surface area (Å²) in [6.45, 7) is 3.59. The molecule has 0 bridgehead atoms. The van der Waals surface area contributed by atoms with Crippen LogP contribution < -0.4 is 5.32 Å². The van der Waals surface area contributed by atoms with Crippen LogP contribution in [0.1, 0.15) is 31.9 Å². The van der Waals surface area contributed by atoms with Gasteiger partial charge in [-0.2, -0.15) is 0 Å². The minimum absolute atomic E-state index is 0.0498. The Morgan fingerprint density at radius 1 is 1.14 bits per heavy atom. The number of ether oxygens (including phenoxy) is 1. The van der Waals surface area contributed by atoms with Crippen molar-refractivity contribution in [2.45, 2.75) is 32.4 Å². The fourth-order valence-corrected chi connectivity index (χ4v) is 3.31. The zero-order valence-corrected chi connectivity index (χ0v) is 16.3. The van der Waals surface area contributed by atoms with Crippen molar-refractivity contribution < 1.29 is 23.5 Å². The summed E-state index contributed by atoms with van der Waals surface area (Å²) >= 11 is 0. The number of hydrogen-bond acceptors (Lipinski definition) is 4. The first-order valence-electron chi connectivity index (χ1n) is 9.46. The molecule has 2 aromatic carbocycles. The Hall–Kier alpha value is -3.22. The van der Waals surface area contributed by atoms with E-state index in [1.54, 1.807) is 4.90 Å². The summed E-state index contributed by atoms with van der Waals surface area (Å²) in [5, 5.41) is 2.50. The second kappa shape index (κ2) is 8.86. The number of benzene rings is 2. The second-order valence-electron chi connectivity index (χ2n) is 7.11. The summed E-state index contributed by atoms with van der Waals surface area (Å²) in [6.07, 6.45) is -1.02. The Labute approximate surface area is 168 Å². The van der Waals surface area contributed by atoms with E-state index in [0.29, 0.717) is 0 Å². The summed E-state index contributed by atoms with van der Waals surface area (Å²) < 4.78 is 18.5. The van der Waals surface area contributed by atoms with E-state index in [1.165, 1.54) is 31.2 Å². The highest BCUT2D eigenvalue weighted by molar-refractivity contribution is 5.95. The largest absolute Gasteiger partial charge is 0.452 e. The molecule has 1 fully saturated rings. The van der Waals surface area contributed by atoms with Crippen LogP contribution >= 0.6 is 0 Å². The Morgan fingerprint density at radius 2 is 1.86 bits per heavy atom. The molecule has 1 heterocycles. The number of nitrogens with zero attached hydrogens (tertiary/aromatic N) is 1. The van der Waals surface area contributed by atoms with E-state index in [0.717, 1.165) is 5.56 Å². The number of nitrogens with one attached hydrogen (secondary N) is 1. The normalized spacial score (nSPS) is 18.2. The molecule has 1 aliphatic rings. The molecule has 2 amide bonds. The third-order valence-electron chi connectivity index (χ3n) is 5.00. The van der Waals surface area contributed by atoms with Crippen LogP contribution in [0, 0.1) is 11.7 Å². The lowest BCUT2D eigenvalue weighted by Gasteiger charge is -2.25. The molecule has 0 aliphatic carbocycles. The van der Waals surface area contributed by atoms with Gasteiger partial charge in [0.15, 0.2) is 6.10 Å². The number of halogens is 1. The summed E-state index contributed by atoms with van der Waals surface area (Å²) in [7, 11) is 0. The Bertz CT molecular complexity index is 903. The maximum atomic E-state index is 13.2. The van der Waals surface area contributed by atoms with Crippen LogP contribution in [-0.4, -0.2) is 35.3 Å². The molecule has 1 N–H and O–H groups in total. The average Bonchev–Trinajstić information content (AvgIpc) is 3.10. The van der Waals surface area contributed by atoms with Crippen LogP contribution in [-0.2, 0) is 19.1 Å². The van der Waals surface area contributed by atoms with Gasteiger partial charge in [-0.1, -0.05) is 36.4 Å². The molecular formula is C22H23FN2O4. The van der Waals surface area contributed by atoms with E-state index >= 15 is 0 Å². The number of hydrogen-bond donors (Lipinski definition) is 1. The molecule has 29 heavy (non-hydrogen) atoms. The zero-order valence-electron chi connectivity index (χ0n) is 16.3. The maximum absolute atomic E-state index is 13.2. The van der Waals surface area contributed by atoms with Crippen LogP contribution in [0.5, 0.6) is 0 Å². The Kier molecular flexibility index (Phi) is 6.26. The molecule has 152 valence electrons. The van der Waals surface area contributed by atoms with Crippen LogP contribution in [0.4, 0.5) is 10.1 Å². The lowest BCUT2D eigenvalue weighted by Crippen LogP contribution is -2.33. The van der Waals surface area contributed by atoms with Crippen LogP contribution in [0.3, 0.4) is 0 Å². The number of esters is 1. The van der Waals surface area contributed by atoms with Crippen molar-refractivity contribution in [2.24, 2.45) is 5.92 Å². The van der Waals surface area contributed by atoms with E-state index in [4.69, 9.17) is 4.74 Å². The van der Waals surface area contributed by atoms with Crippen molar-refractivity contribution in [2.75, 3.05) is 11.9 Å². The third kappa shape index (κ3) is 4.99. The van der Waals surface area contributed by atoms with Crippen LogP contribution in [0.25, 0.3) is 0 Å². The Balaban J connectivity index is 1.56. The molecule has 6 nitrogen and oxygen atoms in total. The number of carbonyl (C=O) groups is 3. The van der Waals surface area contributed by atoms with Gasteiger partial charge in [0.25, 0.3) is 5.91 Å². The molecule has 0 spiro atoms. The number of anilines is 1. The van der Waals surface area contributed by atoms with Gasteiger partial charge in [0.1, 0.15) is 5.82 Å². The van der Waals surface area contributed by atoms with Crippen molar-refractivity contribution in [3.8, 4) is 0 Å². The number of amides is 2. The molecule has 0 unspecified atom stereocenters. The van der Waals surface area contributed by atoms with Gasteiger partial charge in [-0.05, 0) is 37.6 Å². The summed E-state index contributed by atoms with van der Waals surface area (Å²) in [5.74, 6) is -2.39. The fourth-order valence-electron chi connectivity index (χ4n) is 3.31. The molecule has 0 radical (unpaired) electrons.